The number of carboxylic acids is 1. The van der Waals surface area contributed by atoms with E-state index < -0.39 is 42.6 Å². The van der Waals surface area contributed by atoms with Crippen molar-refractivity contribution in [1.82, 2.24) is 5.32 Å². The summed E-state index contributed by atoms with van der Waals surface area (Å²) < 4.78 is 49.1. The molecular formula is C11H15F4NO3. The molecule has 4 nitrogen and oxygen atoms in total. The van der Waals surface area contributed by atoms with Crippen LogP contribution in [0, 0.1) is 17.8 Å². The predicted octanol–water partition coefficient (Wildman–Crippen LogP) is 1.75. The predicted molar refractivity (Wildman–Crippen MR) is 57.0 cm³/mol. The van der Waals surface area contributed by atoms with Crippen molar-refractivity contribution in [1.29, 1.82) is 0 Å². The number of amides is 1. The summed E-state index contributed by atoms with van der Waals surface area (Å²) in [5, 5.41) is 10.6. The highest BCUT2D eigenvalue weighted by Gasteiger charge is 2.44. The topological polar surface area (TPSA) is 66.4 Å². The molecule has 19 heavy (non-hydrogen) atoms. The minimum atomic E-state index is -4.31. The molecule has 1 aliphatic rings. The van der Waals surface area contributed by atoms with Gasteiger partial charge in [0.1, 0.15) is 0 Å². The van der Waals surface area contributed by atoms with Crippen molar-refractivity contribution >= 4 is 11.9 Å². The van der Waals surface area contributed by atoms with Crippen molar-refractivity contribution in [2.45, 2.75) is 32.1 Å². The number of hydrogen-bond acceptors (Lipinski definition) is 2. The Hall–Kier alpha value is -1.34. The lowest BCUT2D eigenvalue weighted by molar-refractivity contribution is -0.148. The molecule has 3 atom stereocenters. The second kappa shape index (κ2) is 5.75. The highest BCUT2D eigenvalue weighted by Crippen LogP contribution is 2.36. The van der Waals surface area contributed by atoms with Gasteiger partial charge in [0, 0.05) is 0 Å². The molecule has 1 rings (SSSR count). The number of rotatable bonds is 5. The van der Waals surface area contributed by atoms with Gasteiger partial charge in [0.25, 0.3) is 0 Å². The summed E-state index contributed by atoms with van der Waals surface area (Å²) in [4.78, 5) is 22.5. The van der Waals surface area contributed by atoms with E-state index in [1.165, 1.54) is 0 Å². The Morgan fingerprint density at radius 1 is 1.32 bits per heavy atom. The molecular weight excluding hydrogens is 270 g/mol. The molecule has 2 N–H and O–H groups in total. The minimum Gasteiger partial charge on any atom is -0.481 e. The third-order valence-corrected chi connectivity index (χ3v) is 3.27. The maximum absolute atomic E-state index is 12.6. The molecule has 0 aliphatic heterocycles. The number of aliphatic carboxylic acids is 1. The van der Waals surface area contributed by atoms with Gasteiger partial charge in [-0.25, -0.2) is 8.78 Å². The molecule has 0 radical (unpaired) electrons. The van der Waals surface area contributed by atoms with Crippen molar-refractivity contribution in [2.75, 3.05) is 6.54 Å². The van der Waals surface area contributed by atoms with Crippen LogP contribution in [0.15, 0.2) is 0 Å². The van der Waals surface area contributed by atoms with Gasteiger partial charge in [-0.2, -0.15) is 8.78 Å². The van der Waals surface area contributed by atoms with E-state index in [0.29, 0.717) is 0 Å². The molecule has 1 unspecified atom stereocenters. The van der Waals surface area contributed by atoms with Crippen LogP contribution >= 0.6 is 0 Å². The lowest BCUT2D eigenvalue weighted by Gasteiger charge is -2.19. The number of carbonyl (C=O) groups is 2. The number of alkyl halides is 4. The summed E-state index contributed by atoms with van der Waals surface area (Å²) in [6, 6.07) is 0. The van der Waals surface area contributed by atoms with E-state index in [0.717, 1.165) is 0 Å². The summed E-state index contributed by atoms with van der Waals surface area (Å²) >= 11 is 0. The Morgan fingerprint density at radius 3 is 2.32 bits per heavy atom. The lowest BCUT2D eigenvalue weighted by Crippen LogP contribution is -2.44. The van der Waals surface area contributed by atoms with E-state index in [2.05, 4.69) is 0 Å². The zero-order valence-electron chi connectivity index (χ0n) is 10.2. The molecule has 1 saturated carbocycles. The molecule has 1 aliphatic carbocycles. The van der Waals surface area contributed by atoms with Crippen LogP contribution in [0.3, 0.4) is 0 Å². The monoisotopic (exact) mass is 285 g/mol. The quantitative estimate of drug-likeness (QED) is 0.756. The number of hydrogen-bond donors (Lipinski definition) is 2. The van der Waals surface area contributed by atoms with Crippen LogP contribution in [0.1, 0.15) is 19.8 Å². The summed E-state index contributed by atoms with van der Waals surface area (Å²) in [7, 11) is 0. The van der Waals surface area contributed by atoms with Crippen LogP contribution in [-0.2, 0) is 9.59 Å². The van der Waals surface area contributed by atoms with Crippen LogP contribution in [0.25, 0.3) is 0 Å². The van der Waals surface area contributed by atoms with Gasteiger partial charge >= 0.3 is 18.3 Å². The summed E-state index contributed by atoms with van der Waals surface area (Å²) in [5.41, 5.74) is 0. The van der Waals surface area contributed by atoms with Crippen LogP contribution in [0.4, 0.5) is 17.6 Å². The molecule has 0 aromatic carbocycles. The summed E-state index contributed by atoms with van der Waals surface area (Å²) in [6.07, 6.45) is -3.34. The van der Waals surface area contributed by atoms with Crippen molar-refractivity contribution in [3.8, 4) is 0 Å². The zero-order chi connectivity index (χ0) is 14.8. The lowest BCUT2D eigenvalue weighted by atomic mass is 9.95. The minimum absolute atomic E-state index is 0.0209. The molecule has 0 bridgehead atoms. The number of carboxylic acid groups (broad SMARTS) is 1. The van der Waals surface area contributed by atoms with Gasteiger partial charge in [-0.15, -0.1) is 0 Å². The fourth-order valence-corrected chi connectivity index (χ4v) is 2.27. The average molecular weight is 285 g/mol. The van der Waals surface area contributed by atoms with Gasteiger partial charge in [-0.05, 0) is 18.8 Å². The first-order valence-corrected chi connectivity index (χ1v) is 5.81. The fraction of sp³-hybridized carbons (Fsp3) is 0.818. The average Bonchev–Trinajstić information content (AvgIpc) is 2.68. The molecule has 1 amide bonds. The van der Waals surface area contributed by atoms with Gasteiger partial charge in [0.2, 0.25) is 5.91 Å². The van der Waals surface area contributed by atoms with E-state index in [1.54, 1.807) is 12.2 Å². The smallest absolute Gasteiger partial charge is 0.324 e. The molecule has 0 saturated heterocycles. The molecule has 1 fully saturated rings. The first-order valence-electron chi connectivity index (χ1n) is 5.81. The van der Waals surface area contributed by atoms with Crippen molar-refractivity contribution < 1.29 is 32.3 Å². The highest BCUT2D eigenvalue weighted by molar-refractivity contribution is 5.85. The van der Waals surface area contributed by atoms with Crippen LogP contribution in [-0.4, -0.2) is 35.9 Å². The van der Waals surface area contributed by atoms with Gasteiger partial charge in [-0.3, -0.25) is 9.59 Å². The molecule has 0 aromatic heterocycles. The summed E-state index contributed by atoms with van der Waals surface area (Å²) in [6.45, 7) is 0.262. The molecule has 0 aromatic rings. The standard InChI is InChI=1S/C11H15F4NO3/c1-5-2-6(7(3-5)9(18)19)8(17)16-4-11(14,15)10(12)13/h5-7,10H,2-4H2,1H3,(H,16,17)(H,18,19)/t5?,6-,7+/m0/s1. The second-order valence-corrected chi connectivity index (χ2v) is 4.91. The van der Waals surface area contributed by atoms with Gasteiger partial charge in [0.05, 0.1) is 18.4 Å². The maximum atomic E-state index is 12.6. The van der Waals surface area contributed by atoms with Crippen molar-refractivity contribution in [3.05, 3.63) is 0 Å². The highest BCUT2D eigenvalue weighted by atomic mass is 19.3. The van der Waals surface area contributed by atoms with E-state index in [4.69, 9.17) is 5.11 Å². The van der Waals surface area contributed by atoms with Crippen molar-refractivity contribution in [2.24, 2.45) is 17.8 Å². The van der Waals surface area contributed by atoms with E-state index in [1.807, 2.05) is 0 Å². The molecule has 110 valence electrons. The van der Waals surface area contributed by atoms with E-state index >= 15 is 0 Å². The molecule has 0 heterocycles. The Balaban J connectivity index is 2.60. The Bertz CT molecular complexity index is 362. The SMILES string of the molecule is CC1C[C@H](C(=O)NCC(F)(F)C(F)F)[C@H](C(=O)O)C1. The Morgan fingerprint density at radius 2 is 1.84 bits per heavy atom. The van der Waals surface area contributed by atoms with Gasteiger partial charge in [0.15, 0.2) is 0 Å². The third-order valence-electron chi connectivity index (χ3n) is 3.27. The molecule has 0 spiro atoms. The normalized spacial score (nSPS) is 27.6. The number of halogens is 4. The fourth-order valence-electron chi connectivity index (χ4n) is 2.27. The van der Waals surface area contributed by atoms with Crippen molar-refractivity contribution in [3.63, 3.8) is 0 Å². The first-order chi connectivity index (χ1) is 8.65. The third kappa shape index (κ3) is 3.81. The molecule has 8 heteroatoms. The van der Waals surface area contributed by atoms with Crippen LogP contribution in [0.2, 0.25) is 0 Å². The maximum Gasteiger partial charge on any atom is 0.324 e. The van der Waals surface area contributed by atoms with Gasteiger partial charge in [-0.1, -0.05) is 6.92 Å². The zero-order valence-corrected chi connectivity index (χ0v) is 10.2. The first kappa shape index (κ1) is 15.7. The number of carbonyl (C=O) groups excluding carboxylic acids is 1. The van der Waals surface area contributed by atoms with Crippen LogP contribution in [0.5, 0.6) is 0 Å². The van der Waals surface area contributed by atoms with E-state index in [-0.39, 0.29) is 18.8 Å². The largest absolute Gasteiger partial charge is 0.481 e. The van der Waals surface area contributed by atoms with E-state index in [9.17, 15) is 27.2 Å². The van der Waals surface area contributed by atoms with Gasteiger partial charge < -0.3 is 10.4 Å². The number of nitrogens with one attached hydrogen (secondary N) is 1. The Kier molecular flexibility index (Phi) is 4.75. The summed E-state index contributed by atoms with van der Waals surface area (Å²) in [5.74, 6) is -8.30. The Labute approximate surface area is 107 Å². The van der Waals surface area contributed by atoms with Crippen LogP contribution < -0.4 is 5.32 Å². The second-order valence-electron chi connectivity index (χ2n) is 4.91.